The van der Waals surface area contributed by atoms with Gasteiger partial charge in [-0.1, -0.05) is 32.0 Å². The number of rotatable bonds is 6. The Morgan fingerprint density at radius 1 is 1.20 bits per heavy atom. The van der Waals surface area contributed by atoms with E-state index in [0.717, 1.165) is 50.3 Å². The predicted molar refractivity (Wildman–Crippen MR) is 104 cm³/mol. The van der Waals surface area contributed by atoms with E-state index in [1.165, 1.54) is 0 Å². The molecule has 5 nitrogen and oxygen atoms in total. The summed E-state index contributed by atoms with van der Waals surface area (Å²) < 4.78 is 3.50. The van der Waals surface area contributed by atoms with E-state index in [1.54, 1.807) is 4.68 Å². The molecule has 0 amide bonds. The van der Waals surface area contributed by atoms with Gasteiger partial charge >= 0.3 is 5.69 Å². The van der Waals surface area contributed by atoms with E-state index in [-0.39, 0.29) is 18.1 Å². The maximum atomic E-state index is 13.0. The van der Waals surface area contributed by atoms with Crippen LogP contribution in [0.5, 0.6) is 0 Å². The highest BCUT2D eigenvalue weighted by atomic mass is 35.5. The number of aromatic nitrogens is 3. The third-order valence-corrected chi connectivity index (χ3v) is 4.73. The smallest absolute Gasteiger partial charge is 0.317 e. The minimum Gasteiger partial charge on any atom is -0.317 e. The first kappa shape index (κ1) is 19.7. The molecule has 1 aliphatic rings. The Balaban J connectivity index is 0.00000225. The van der Waals surface area contributed by atoms with E-state index in [2.05, 4.69) is 19.2 Å². The summed E-state index contributed by atoms with van der Waals surface area (Å²) in [5, 5.41) is 8.14. The molecule has 25 heavy (non-hydrogen) atoms. The molecule has 0 unspecified atom stereocenters. The van der Waals surface area contributed by atoms with Crippen molar-refractivity contribution >= 4 is 12.4 Å². The number of benzene rings is 1. The largest absolute Gasteiger partial charge is 0.350 e. The van der Waals surface area contributed by atoms with Crippen LogP contribution in [0.3, 0.4) is 0 Å². The lowest BCUT2D eigenvalue weighted by Gasteiger charge is -2.22. The maximum absolute atomic E-state index is 13.0. The van der Waals surface area contributed by atoms with Crippen molar-refractivity contribution in [1.82, 2.24) is 19.7 Å². The summed E-state index contributed by atoms with van der Waals surface area (Å²) in [7, 11) is 0. The molecule has 3 rings (SSSR count). The SMILES string of the molecule is CC(C)CCCn1nc(C2CCNCC2)n(-c2ccccc2)c1=O.Cl. The minimum absolute atomic E-state index is 0. The Bertz CT molecular complexity index is 702. The van der Waals surface area contributed by atoms with E-state index >= 15 is 0 Å². The van der Waals surface area contributed by atoms with Gasteiger partial charge in [0.2, 0.25) is 0 Å². The van der Waals surface area contributed by atoms with Crippen LogP contribution in [0.4, 0.5) is 0 Å². The molecule has 1 saturated heterocycles. The first-order chi connectivity index (χ1) is 11.7. The van der Waals surface area contributed by atoms with Gasteiger partial charge in [0.1, 0.15) is 5.82 Å². The van der Waals surface area contributed by atoms with Crippen molar-refractivity contribution in [3.63, 3.8) is 0 Å². The van der Waals surface area contributed by atoms with Gasteiger partial charge in [-0.2, -0.15) is 5.10 Å². The van der Waals surface area contributed by atoms with Crippen molar-refractivity contribution < 1.29 is 0 Å². The summed E-state index contributed by atoms with van der Waals surface area (Å²) in [6.07, 6.45) is 4.19. The molecule has 0 saturated carbocycles. The molecule has 0 aliphatic carbocycles. The molecular formula is C19H29ClN4O. The lowest BCUT2D eigenvalue weighted by Crippen LogP contribution is -2.29. The molecule has 0 radical (unpaired) electrons. The number of nitrogens with one attached hydrogen (secondary N) is 1. The zero-order valence-electron chi connectivity index (χ0n) is 15.1. The van der Waals surface area contributed by atoms with Crippen LogP contribution in [-0.4, -0.2) is 27.4 Å². The van der Waals surface area contributed by atoms with Gasteiger partial charge < -0.3 is 5.32 Å². The third-order valence-electron chi connectivity index (χ3n) is 4.73. The predicted octanol–water partition coefficient (Wildman–Crippen LogP) is 3.36. The fourth-order valence-corrected chi connectivity index (χ4v) is 3.38. The number of nitrogens with zero attached hydrogens (tertiary/aromatic N) is 3. The quantitative estimate of drug-likeness (QED) is 0.855. The summed E-state index contributed by atoms with van der Waals surface area (Å²) in [6.45, 7) is 7.12. The molecule has 138 valence electrons. The zero-order valence-corrected chi connectivity index (χ0v) is 16.0. The van der Waals surface area contributed by atoms with Crippen LogP contribution in [0.15, 0.2) is 35.1 Å². The van der Waals surface area contributed by atoms with Crippen LogP contribution in [0.1, 0.15) is 51.3 Å². The van der Waals surface area contributed by atoms with E-state index in [4.69, 9.17) is 5.10 Å². The molecule has 1 aromatic carbocycles. The van der Waals surface area contributed by atoms with Crippen LogP contribution in [0.25, 0.3) is 5.69 Å². The molecular weight excluding hydrogens is 336 g/mol. The third kappa shape index (κ3) is 4.73. The Hall–Kier alpha value is -1.59. The van der Waals surface area contributed by atoms with Crippen molar-refractivity contribution in [2.75, 3.05) is 13.1 Å². The molecule has 2 heterocycles. The molecule has 1 aliphatic heterocycles. The Morgan fingerprint density at radius 3 is 2.52 bits per heavy atom. The van der Waals surface area contributed by atoms with Gasteiger partial charge in [0, 0.05) is 12.5 Å². The van der Waals surface area contributed by atoms with Crippen LogP contribution < -0.4 is 11.0 Å². The Kier molecular flexibility index (Phi) is 7.26. The highest BCUT2D eigenvalue weighted by Crippen LogP contribution is 2.24. The standard InChI is InChI=1S/C19H28N4O.ClH/c1-15(2)7-6-14-22-19(24)23(17-8-4-3-5-9-17)18(21-22)16-10-12-20-13-11-16;/h3-5,8-9,15-16,20H,6-7,10-14H2,1-2H3;1H. The Labute approximate surface area is 155 Å². The first-order valence-corrected chi connectivity index (χ1v) is 9.12. The van der Waals surface area contributed by atoms with Crippen molar-refractivity contribution in [1.29, 1.82) is 0 Å². The lowest BCUT2D eigenvalue weighted by atomic mass is 9.97. The van der Waals surface area contributed by atoms with Gasteiger partial charge in [-0.15, -0.1) is 12.4 Å². The molecule has 0 bridgehead atoms. The van der Waals surface area contributed by atoms with Gasteiger partial charge in [0.25, 0.3) is 0 Å². The number of piperidine rings is 1. The van der Waals surface area contributed by atoms with Crippen LogP contribution in [-0.2, 0) is 6.54 Å². The second-order valence-corrected chi connectivity index (χ2v) is 7.10. The molecule has 1 fully saturated rings. The van der Waals surface area contributed by atoms with Crippen molar-refractivity contribution in [3.8, 4) is 5.69 Å². The minimum atomic E-state index is -0.00140. The van der Waals surface area contributed by atoms with Crippen molar-refractivity contribution in [2.24, 2.45) is 5.92 Å². The van der Waals surface area contributed by atoms with Gasteiger partial charge in [-0.05, 0) is 56.8 Å². The fraction of sp³-hybridized carbons (Fsp3) is 0.579. The van der Waals surface area contributed by atoms with Gasteiger partial charge in [-0.25, -0.2) is 14.0 Å². The number of halogens is 1. The second kappa shape index (κ2) is 9.20. The monoisotopic (exact) mass is 364 g/mol. The highest BCUT2D eigenvalue weighted by Gasteiger charge is 2.24. The van der Waals surface area contributed by atoms with Gasteiger partial charge in [-0.3, -0.25) is 0 Å². The van der Waals surface area contributed by atoms with Crippen molar-refractivity contribution in [2.45, 2.75) is 52.0 Å². The van der Waals surface area contributed by atoms with Crippen LogP contribution in [0.2, 0.25) is 0 Å². The molecule has 1 N–H and O–H groups in total. The average Bonchev–Trinajstić information content (AvgIpc) is 2.93. The normalized spacial score (nSPS) is 15.3. The fourth-order valence-electron chi connectivity index (χ4n) is 3.38. The second-order valence-electron chi connectivity index (χ2n) is 7.10. The summed E-state index contributed by atoms with van der Waals surface area (Å²) in [5.41, 5.74) is 0.921. The summed E-state index contributed by atoms with van der Waals surface area (Å²) in [4.78, 5) is 13.0. The van der Waals surface area contributed by atoms with E-state index in [0.29, 0.717) is 18.4 Å². The van der Waals surface area contributed by atoms with E-state index < -0.39 is 0 Å². The van der Waals surface area contributed by atoms with E-state index in [1.807, 2.05) is 34.9 Å². The molecule has 6 heteroatoms. The number of para-hydroxylation sites is 1. The number of hydrogen-bond donors (Lipinski definition) is 1. The lowest BCUT2D eigenvalue weighted by molar-refractivity contribution is 0.433. The first-order valence-electron chi connectivity index (χ1n) is 9.12. The molecule has 0 atom stereocenters. The maximum Gasteiger partial charge on any atom is 0.350 e. The summed E-state index contributed by atoms with van der Waals surface area (Å²) in [6, 6.07) is 9.91. The number of hydrogen-bond acceptors (Lipinski definition) is 3. The summed E-state index contributed by atoms with van der Waals surface area (Å²) in [5.74, 6) is 1.93. The zero-order chi connectivity index (χ0) is 16.9. The van der Waals surface area contributed by atoms with Gasteiger partial charge in [0.05, 0.1) is 5.69 Å². The van der Waals surface area contributed by atoms with Crippen molar-refractivity contribution in [3.05, 3.63) is 46.6 Å². The van der Waals surface area contributed by atoms with Crippen LogP contribution >= 0.6 is 12.4 Å². The summed E-state index contributed by atoms with van der Waals surface area (Å²) >= 11 is 0. The average molecular weight is 365 g/mol. The highest BCUT2D eigenvalue weighted by molar-refractivity contribution is 5.85. The van der Waals surface area contributed by atoms with E-state index in [9.17, 15) is 4.79 Å². The molecule has 1 aromatic heterocycles. The molecule has 0 spiro atoms. The molecule has 2 aromatic rings. The van der Waals surface area contributed by atoms with Gasteiger partial charge in [0.15, 0.2) is 0 Å². The number of aryl methyl sites for hydroxylation is 1. The van der Waals surface area contributed by atoms with Crippen LogP contribution in [0, 0.1) is 5.92 Å². The topological polar surface area (TPSA) is 51.9 Å². The Morgan fingerprint density at radius 2 is 1.88 bits per heavy atom.